The van der Waals surface area contributed by atoms with E-state index in [1.165, 1.54) is 36.6 Å². The number of amides is 1. The number of esters is 1. The molecule has 0 fully saturated rings. The minimum absolute atomic E-state index is 0.0899. The molecule has 0 aliphatic heterocycles. The van der Waals surface area contributed by atoms with E-state index in [0.29, 0.717) is 10.6 Å². The molecular weight excluding hydrogens is 424 g/mol. The molecule has 150 valence electrons. The molecule has 3 rings (SSSR count). The third-order valence-corrected chi connectivity index (χ3v) is 6.43. The van der Waals surface area contributed by atoms with Crippen LogP contribution in [0.15, 0.2) is 18.2 Å². The SMILES string of the molecule is COC(=O)c1c(NC(=O)c2ccc(NS(C)(=O)=O)cc2Cl)sc2c1CCCC2. The van der Waals surface area contributed by atoms with Gasteiger partial charge in [-0.25, -0.2) is 13.2 Å². The second-order valence-corrected chi connectivity index (χ2v) is 9.69. The summed E-state index contributed by atoms with van der Waals surface area (Å²) in [5, 5.41) is 3.30. The number of ether oxygens (including phenoxy) is 1. The molecule has 0 spiro atoms. The average molecular weight is 443 g/mol. The fourth-order valence-electron chi connectivity index (χ4n) is 3.12. The van der Waals surface area contributed by atoms with E-state index in [4.69, 9.17) is 16.3 Å². The molecule has 1 aliphatic rings. The maximum absolute atomic E-state index is 12.7. The number of carbonyl (C=O) groups excluding carboxylic acids is 2. The molecule has 0 saturated heterocycles. The van der Waals surface area contributed by atoms with Crippen molar-refractivity contribution < 1.29 is 22.7 Å². The molecule has 2 N–H and O–H groups in total. The summed E-state index contributed by atoms with van der Waals surface area (Å²) >= 11 is 7.54. The summed E-state index contributed by atoms with van der Waals surface area (Å²) in [6.07, 6.45) is 4.70. The van der Waals surface area contributed by atoms with Gasteiger partial charge in [-0.3, -0.25) is 9.52 Å². The first-order valence-corrected chi connectivity index (χ1v) is 11.6. The van der Waals surface area contributed by atoms with Gasteiger partial charge in [-0.15, -0.1) is 11.3 Å². The number of nitrogens with one attached hydrogen (secondary N) is 2. The first-order valence-electron chi connectivity index (χ1n) is 8.51. The molecule has 7 nitrogen and oxygen atoms in total. The van der Waals surface area contributed by atoms with Crippen molar-refractivity contribution in [2.24, 2.45) is 0 Å². The van der Waals surface area contributed by atoms with Crippen molar-refractivity contribution in [2.45, 2.75) is 25.7 Å². The number of hydrogen-bond acceptors (Lipinski definition) is 6. The van der Waals surface area contributed by atoms with Gasteiger partial charge in [0.05, 0.1) is 29.5 Å². The number of hydrogen-bond donors (Lipinski definition) is 2. The summed E-state index contributed by atoms with van der Waals surface area (Å²) in [6, 6.07) is 4.23. The molecule has 0 atom stereocenters. The lowest BCUT2D eigenvalue weighted by molar-refractivity contribution is 0.0601. The van der Waals surface area contributed by atoms with E-state index in [-0.39, 0.29) is 16.3 Å². The number of carbonyl (C=O) groups is 2. The molecular formula is C18H19ClN2O5S2. The maximum atomic E-state index is 12.7. The van der Waals surface area contributed by atoms with Crippen LogP contribution in [0.25, 0.3) is 0 Å². The highest BCUT2D eigenvalue weighted by Crippen LogP contribution is 2.39. The fourth-order valence-corrected chi connectivity index (χ4v) is 5.21. The van der Waals surface area contributed by atoms with Gasteiger partial charge in [-0.1, -0.05) is 11.6 Å². The largest absolute Gasteiger partial charge is 0.465 e. The van der Waals surface area contributed by atoms with Gasteiger partial charge in [-0.2, -0.15) is 0 Å². The number of rotatable bonds is 5. The number of fused-ring (bicyclic) bond motifs is 1. The molecule has 0 bridgehead atoms. The zero-order valence-electron chi connectivity index (χ0n) is 15.3. The highest BCUT2D eigenvalue weighted by atomic mass is 35.5. The molecule has 1 amide bonds. The van der Waals surface area contributed by atoms with E-state index in [2.05, 4.69) is 10.0 Å². The van der Waals surface area contributed by atoms with Gasteiger partial charge in [0.15, 0.2) is 0 Å². The van der Waals surface area contributed by atoms with Crippen molar-refractivity contribution in [3.8, 4) is 0 Å². The van der Waals surface area contributed by atoms with Crippen LogP contribution < -0.4 is 10.0 Å². The van der Waals surface area contributed by atoms with Crippen molar-refractivity contribution in [3.05, 3.63) is 44.8 Å². The van der Waals surface area contributed by atoms with E-state index in [1.54, 1.807) is 0 Å². The predicted molar refractivity (Wildman–Crippen MR) is 110 cm³/mol. The molecule has 2 aromatic rings. The van der Waals surface area contributed by atoms with Crippen LogP contribution in [-0.4, -0.2) is 33.7 Å². The molecule has 1 heterocycles. The highest BCUT2D eigenvalue weighted by molar-refractivity contribution is 7.92. The fraction of sp³-hybridized carbons (Fsp3) is 0.333. The standard InChI is InChI=1S/C18H19ClN2O5S2/c1-26-18(23)15-12-5-3-4-6-14(12)27-17(15)20-16(22)11-8-7-10(9-13(11)19)21-28(2,24)25/h7-9,21H,3-6H2,1-2H3,(H,20,22). The number of halogens is 1. The third-order valence-electron chi connectivity index (χ3n) is 4.30. The summed E-state index contributed by atoms with van der Waals surface area (Å²) in [5.74, 6) is -0.965. The van der Waals surface area contributed by atoms with Gasteiger partial charge in [0.25, 0.3) is 5.91 Å². The average Bonchev–Trinajstić information content (AvgIpc) is 2.97. The van der Waals surface area contributed by atoms with Gasteiger partial charge < -0.3 is 10.1 Å². The Morgan fingerprint density at radius 2 is 1.93 bits per heavy atom. The summed E-state index contributed by atoms with van der Waals surface area (Å²) in [4.78, 5) is 26.1. The van der Waals surface area contributed by atoms with E-state index in [1.807, 2.05) is 0 Å². The van der Waals surface area contributed by atoms with Gasteiger partial charge in [0, 0.05) is 10.6 Å². The quantitative estimate of drug-likeness (QED) is 0.687. The van der Waals surface area contributed by atoms with Crippen molar-refractivity contribution in [1.82, 2.24) is 0 Å². The van der Waals surface area contributed by atoms with Crippen LogP contribution in [0.3, 0.4) is 0 Å². The van der Waals surface area contributed by atoms with Crippen LogP contribution in [0.5, 0.6) is 0 Å². The molecule has 1 aromatic heterocycles. The Bertz CT molecular complexity index is 1050. The van der Waals surface area contributed by atoms with E-state index >= 15 is 0 Å². The normalized spacial score (nSPS) is 13.5. The van der Waals surface area contributed by atoms with Crippen LogP contribution in [0.2, 0.25) is 5.02 Å². The third kappa shape index (κ3) is 4.48. The summed E-state index contributed by atoms with van der Waals surface area (Å²) < 4.78 is 29.8. The van der Waals surface area contributed by atoms with Crippen molar-refractivity contribution in [1.29, 1.82) is 0 Å². The van der Waals surface area contributed by atoms with Crippen molar-refractivity contribution >= 4 is 55.5 Å². The van der Waals surface area contributed by atoms with Gasteiger partial charge in [0.1, 0.15) is 5.00 Å². The number of aryl methyl sites for hydroxylation is 1. The first kappa shape index (κ1) is 20.6. The predicted octanol–water partition coefficient (Wildman–Crippen LogP) is 3.69. The Morgan fingerprint density at radius 1 is 1.21 bits per heavy atom. The van der Waals surface area contributed by atoms with E-state index < -0.39 is 21.9 Å². The second kappa shape index (κ2) is 8.10. The van der Waals surface area contributed by atoms with E-state index in [0.717, 1.165) is 42.4 Å². The lowest BCUT2D eigenvalue weighted by Gasteiger charge is -2.12. The summed E-state index contributed by atoms with van der Waals surface area (Å²) in [5.41, 5.74) is 1.77. The topological polar surface area (TPSA) is 102 Å². The van der Waals surface area contributed by atoms with Crippen molar-refractivity contribution in [3.63, 3.8) is 0 Å². The Balaban J connectivity index is 1.89. The Kier molecular flexibility index (Phi) is 5.97. The minimum atomic E-state index is -3.45. The Labute approximate surface area is 172 Å². The van der Waals surface area contributed by atoms with Gasteiger partial charge >= 0.3 is 5.97 Å². The summed E-state index contributed by atoms with van der Waals surface area (Å²) in [6.45, 7) is 0. The number of anilines is 2. The minimum Gasteiger partial charge on any atom is -0.465 e. The smallest absolute Gasteiger partial charge is 0.341 e. The number of thiophene rings is 1. The highest BCUT2D eigenvalue weighted by Gasteiger charge is 2.27. The summed E-state index contributed by atoms with van der Waals surface area (Å²) in [7, 11) is -2.14. The zero-order chi connectivity index (χ0) is 20.5. The molecule has 28 heavy (non-hydrogen) atoms. The monoisotopic (exact) mass is 442 g/mol. The molecule has 0 unspecified atom stereocenters. The van der Waals surface area contributed by atoms with Gasteiger partial charge in [-0.05, 0) is 49.4 Å². The zero-order valence-corrected chi connectivity index (χ0v) is 17.7. The number of benzene rings is 1. The van der Waals surface area contributed by atoms with Crippen LogP contribution in [0.1, 0.15) is 44.0 Å². The lowest BCUT2D eigenvalue weighted by atomic mass is 9.95. The van der Waals surface area contributed by atoms with Crippen LogP contribution in [-0.2, 0) is 27.6 Å². The molecule has 0 saturated carbocycles. The molecule has 1 aliphatic carbocycles. The Hall–Kier alpha value is -2.10. The molecule has 10 heteroatoms. The molecule has 0 radical (unpaired) electrons. The van der Waals surface area contributed by atoms with Crippen LogP contribution in [0.4, 0.5) is 10.7 Å². The maximum Gasteiger partial charge on any atom is 0.341 e. The number of methoxy groups -OCH3 is 1. The van der Waals surface area contributed by atoms with Gasteiger partial charge in [0.2, 0.25) is 10.0 Å². The molecule has 1 aromatic carbocycles. The van der Waals surface area contributed by atoms with Crippen LogP contribution in [0, 0.1) is 0 Å². The second-order valence-electron chi connectivity index (χ2n) is 6.43. The first-order chi connectivity index (χ1) is 13.2. The van der Waals surface area contributed by atoms with Crippen molar-refractivity contribution in [2.75, 3.05) is 23.4 Å². The number of sulfonamides is 1. The van der Waals surface area contributed by atoms with Crippen LogP contribution >= 0.6 is 22.9 Å². The van der Waals surface area contributed by atoms with E-state index in [9.17, 15) is 18.0 Å². The lowest BCUT2D eigenvalue weighted by Crippen LogP contribution is -2.16. The Morgan fingerprint density at radius 3 is 2.57 bits per heavy atom.